The number of carbonyl (C=O) groups is 2. The molecule has 25 heavy (non-hydrogen) atoms. The Morgan fingerprint density at radius 1 is 1.24 bits per heavy atom. The molecule has 0 unspecified atom stereocenters. The Morgan fingerprint density at radius 3 is 2.76 bits per heavy atom. The van der Waals surface area contributed by atoms with E-state index in [9.17, 15) is 9.59 Å². The van der Waals surface area contributed by atoms with Gasteiger partial charge in [0, 0.05) is 17.1 Å². The predicted molar refractivity (Wildman–Crippen MR) is 94.9 cm³/mol. The van der Waals surface area contributed by atoms with Crippen molar-refractivity contribution in [1.29, 1.82) is 0 Å². The number of para-hydroxylation sites is 2. The van der Waals surface area contributed by atoms with Crippen molar-refractivity contribution < 1.29 is 19.1 Å². The highest BCUT2D eigenvalue weighted by molar-refractivity contribution is 6.31. The molecular weight excluding hydrogens is 342 g/mol. The Balaban J connectivity index is 1.61. The van der Waals surface area contributed by atoms with Gasteiger partial charge in [-0.2, -0.15) is 0 Å². The number of carbonyl (C=O) groups excluding carboxylic acids is 2. The van der Waals surface area contributed by atoms with Crippen molar-refractivity contribution in [3.8, 4) is 5.75 Å². The second-order valence-corrected chi connectivity index (χ2v) is 6.11. The molecule has 1 aliphatic rings. The van der Waals surface area contributed by atoms with Gasteiger partial charge in [-0.25, -0.2) is 0 Å². The highest BCUT2D eigenvalue weighted by Gasteiger charge is 2.26. The van der Waals surface area contributed by atoms with Crippen molar-refractivity contribution in [3.05, 3.63) is 59.1 Å². The molecule has 1 aliphatic heterocycles. The third-order valence-electron chi connectivity index (χ3n) is 4.00. The van der Waals surface area contributed by atoms with E-state index in [1.54, 1.807) is 30.0 Å². The van der Waals surface area contributed by atoms with Crippen LogP contribution in [0.15, 0.2) is 48.5 Å². The first-order chi connectivity index (χ1) is 12.1. The number of benzene rings is 2. The maximum absolute atomic E-state index is 12.2. The zero-order valence-corrected chi connectivity index (χ0v) is 14.5. The standard InChI is InChI=1S/C19H18ClNO4/c1-13(14-6-2-3-7-15(14)20)25-19(23)10-11-21-16-8-4-5-9-17(16)24-12-18(21)22/h2-9,13H,10-12H2,1H3/t13-/m1/s1. The smallest absolute Gasteiger partial charge is 0.308 e. The lowest BCUT2D eigenvalue weighted by atomic mass is 10.1. The first-order valence-corrected chi connectivity index (χ1v) is 8.40. The van der Waals surface area contributed by atoms with Crippen LogP contribution in [0.3, 0.4) is 0 Å². The third kappa shape index (κ3) is 3.94. The largest absolute Gasteiger partial charge is 0.482 e. The number of hydrogen-bond acceptors (Lipinski definition) is 4. The van der Waals surface area contributed by atoms with Crippen LogP contribution in [0.4, 0.5) is 5.69 Å². The number of hydrogen-bond donors (Lipinski definition) is 0. The molecule has 0 N–H and O–H groups in total. The van der Waals surface area contributed by atoms with E-state index in [1.807, 2.05) is 30.3 Å². The summed E-state index contributed by atoms with van der Waals surface area (Å²) in [4.78, 5) is 25.8. The highest BCUT2D eigenvalue weighted by atomic mass is 35.5. The van der Waals surface area contributed by atoms with Crippen molar-refractivity contribution in [2.75, 3.05) is 18.1 Å². The topological polar surface area (TPSA) is 55.8 Å². The first-order valence-electron chi connectivity index (χ1n) is 8.02. The van der Waals surface area contributed by atoms with Crippen LogP contribution in [0, 0.1) is 0 Å². The van der Waals surface area contributed by atoms with E-state index in [4.69, 9.17) is 21.1 Å². The normalized spacial score (nSPS) is 14.5. The Morgan fingerprint density at radius 2 is 1.96 bits per heavy atom. The Hall–Kier alpha value is -2.53. The molecule has 1 amide bonds. The molecular formula is C19H18ClNO4. The number of esters is 1. The fraction of sp³-hybridized carbons (Fsp3) is 0.263. The molecule has 130 valence electrons. The number of rotatable bonds is 5. The van der Waals surface area contributed by atoms with Gasteiger partial charge in [0.2, 0.25) is 0 Å². The molecule has 6 heteroatoms. The van der Waals surface area contributed by atoms with Crippen molar-refractivity contribution in [3.63, 3.8) is 0 Å². The monoisotopic (exact) mass is 359 g/mol. The number of halogens is 1. The number of anilines is 1. The van der Waals surface area contributed by atoms with E-state index in [0.29, 0.717) is 16.5 Å². The van der Waals surface area contributed by atoms with Crippen LogP contribution < -0.4 is 9.64 Å². The predicted octanol–water partition coefficient (Wildman–Crippen LogP) is 3.76. The molecule has 5 nitrogen and oxygen atoms in total. The lowest BCUT2D eigenvalue weighted by Gasteiger charge is -2.29. The highest BCUT2D eigenvalue weighted by Crippen LogP contribution is 2.31. The molecule has 2 aromatic carbocycles. The molecule has 1 heterocycles. The lowest BCUT2D eigenvalue weighted by Crippen LogP contribution is -2.40. The summed E-state index contributed by atoms with van der Waals surface area (Å²) < 4.78 is 10.8. The second-order valence-electron chi connectivity index (χ2n) is 5.71. The summed E-state index contributed by atoms with van der Waals surface area (Å²) in [6.45, 7) is 1.99. The quantitative estimate of drug-likeness (QED) is 0.763. The van der Waals surface area contributed by atoms with Crippen LogP contribution in [-0.4, -0.2) is 25.0 Å². The van der Waals surface area contributed by atoms with Crippen LogP contribution in [-0.2, 0) is 14.3 Å². The van der Waals surface area contributed by atoms with E-state index in [-0.39, 0.29) is 31.4 Å². The van der Waals surface area contributed by atoms with Gasteiger partial charge >= 0.3 is 5.97 Å². The van der Waals surface area contributed by atoms with Crippen molar-refractivity contribution >= 4 is 29.2 Å². The summed E-state index contributed by atoms with van der Waals surface area (Å²) in [7, 11) is 0. The van der Waals surface area contributed by atoms with Gasteiger partial charge in [-0.3, -0.25) is 9.59 Å². The Bertz CT molecular complexity index is 792. The average Bonchev–Trinajstić information content (AvgIpc) is 2.61. The van der Waals surface area contributed by atoms with Crippen LogP contribution in [0.1, 0.15) is 25.0 Å². The van der Waals surface area contributed by atoms with Crippen LogP contribution in [0.25, 0.3) is 0 Å². The summed E-state index contributed by atoms with van der Waals surface area (Å²) in [5, 5.41) is 0.556. The van der Waals surface area contributed by atoms with Crippen molar-refractivity contribution in [1.82, 2.24) is 0 Å². The molecule has 0 aromatic heterocycles. The van der Waals surface area contributed by atoms with Gasteiger partial charge in [0.1, 0.15) is 11.9 Å². The molecule has 0 spiro atoms. The summed E-state index contributed by atoms with van der Waals surface area (Å²) in [5.41, 5.74) is 1.43. The van der Waals surface area contributed by atoms with Gasteiger partial charge in [0.25, 0.3) is 5.91 Å². The van der Waals surface area contributed by atoms with E-state index in [2.05, 4.69) is 0 Å². The van der Waals surface area contributed by atoms with Crippen molar-refractivity contribution in [2.24, 2.45) is 0 Å². The molecule has 1 atom stereocenters. The summed E-state index contributed by atoms with van der Waals surface area (Å²) in [5.74, 6) is 0.0785. The van der Waals surface area contributed by atoms with Gasteiger partial charge in [-0.15, -0.1) is 0 Å². The second kappa shape index (κ2) is 7.57. The van der Waals surface area contributed by atoms with E-state index in [1.165, 1.54) is 0 Å². The van der Waals surface area contributed by atoms with Crippen molar-refractivity contribution in [2.45, 2.75) is 19.4 Å². The Kier molecular flexibility index (Phi) is 5.24. The molecule has 0 bridgehead atoms. The number of fused-ring (bicyclic) bond motifs is 1. The van der Waals surface area contributed by atoms with Gasteiger partial charge in [0.05, 0.1) is 12.1 Å². The number of nitrogens with zero attached hydrogens (tertiary/aromatic N) is 1. The zero-order valence-electron chi connectivity index (χ0n) is 13.8. The van der Waals surface area contributed by atoms with E-state index in [0.717, 1.165) is 5.56 Å². The molecule has 0 aliphatic carbocycles. The SMILES string of the molecule is C[C@@H](OC(=O)CCN1C(=O)COc2ccccc21)c1ccccc1Cl. The minimum absolute atomic E-state index is 0.0257. The number of ether oxygens (including phenoxy) is 2. The van der Waals surface area contributed by atoms with Crippen LogP contribution >= 0.6 is 11.6 Å². The molecule has 0 saturated carbocycles. The molecule has 0 saturated heterocycles. The Labute approximate surface area is 151 Å². The van der Waals surface area contributed by atoms with Crippen LogP contribution in [0.5, 0.6) is 5.75 Å². The number of amides is 1. The fourth-order valence-corrected chi connectivity index (χ4v) is 3.02. The molecule has 0 radical (unpaired) electrons. The maximum atomic E-state index is 12.2. The summed E-state index contributed by atoms with van der Waals surface area (Å²) in [6.07, 6.45) is -0.358. The van der Waals surface area contributed by atoms with Gasteiger partial charge < -0.3 is 14.4 Å². The molecule has 3 rings (SSSR count). The minimum Gasteiger partial charge on any atom is -0.482 e. The third-order valence-corrected chi connectivity index (χ3v) is 4.34. The molecule has 2 aromatic rings. The fourth-order valence-electron chi connectivity index (χ4n) is 2.73. The van der Waals surface area contributed by atoms with E-state index >= 15 is 0 Å². The minimum atomic E-state index is -0.450. The molecule has 0 fully saturated rings. The van der Waals surface area contributed by atoms with Gasteiger partial charge in [0.15, 0.2) is 6.61 Å². The zero-order chi connectivity index (χ0) is 17.8. The van der Waals surface area contributed by atoms with Gasteiger partial charge in [-0.05, 0) is 25.1 Å². The van der Waals surface area contributed by atoms with Crippen LogP contribution in [0.2, 0.25) is 5.02 Å². The van der Waals surface area contributed by atoms with E-state index < -0.39 is 6.10 Å². The average molecular weight is 360 g/mol. The lowest BCUT2D eigenvalue weighted by molar-refractivity contribution is -0.148. The maximum Gasteiger partial charge on any atom is 0.308 e. The summed E-state index contributed by atoms with van der Waals surface area (Å²) >= 11 is 6.12. The van der Waals surface area contributed by atoms with Gasteiger partial charge in [-0.1, -0.05) is 41.9 Å². The summed E-state index contributed by atoms with van der Waals surface area (Å²) in [6, 6.07) is 14.5. The first kappa shape index (κ1) is 17.3.